The van der Waals surface area contributed by atoms with E-state index in [1.807, 2.05) is 12.3 Å². The zero-order valence-electron chi connectivity index (χ0n) is 13.0. The second-order valence-corrected chi connectivity index (χ2v) is 8.83. The smallest absolute Gasteiger partial charge is 0.223 e. The lowest BCUT2D eigenvalue weighted by atomic mass is 9.96. The fourth-order valence-corrected chi connectivity index (χ4v) is 4.82. The van der Waals surface area contributed by atoms with E-state index in [-0.39, 0.29) is 11.8 Å². The minimum Gasteiger partial charge on any atom is -0.351 e. The molecule has 0 saturated carbocycles. The Morgan fingerprint density at radius 3 is 2.78 bits per heavy atom. The van der Waals surface area contributed by atoms with E-state index in [4.69, 9.17) is 0 Å². The van der Waals surface area contributed by atoms with E-state index in [0.29, 0.717) is 6.54 Å². The molecule has 1 aliphatic heterocycles. The molecule has 124 valence electrons. The average Bonchev–Trinajstić information content (AvgIpc) is 3.14. The molecule has 3 rings (SSSR count). The van der Waals surface area contributed by atoms with Gasteiger partial charge in [0.2, 0.25) is 5.91 Å². The van der Waals surface area contributed by atoms with Gasteiger partial charge in [-0.15, -0.1) is 22.7 Å². The molecule has 1 fully saturated rings. The van der Waals surface area contributed by atoms with Gasteiger partial charge in [0.1, 0.15) is 0 Å². The van der Waals surface area contributed by atoms with E-state index in [1.165, 1.54) is 4.88 Å². The van der Waals surface area contributed by atoms with Crippen molar-refractivity contribution < 1.29 is 4.79 Å². The fraction of sp³-hybridized carbons (Fsp3) is 0.500. The van der Waals surface area contributed by atoms with Gasteiger partial charge in [-0.3, -0.25) is 9.69 Å². The molecule has 23 heavy (non-hydrogen) atoms. The number of amides is 1. The van der Waals surface area contributed by atoms with Gasteiger partial charge in [-0.05, 0) is 54.9 Å². The number of thiazole rings is 1. The van der Waals surface area contributed by atoms with Gasteiger partial charge in [-0.2, -0.15) is 0 Å². The second-order valence-electron chi connectivity index (χ2n) is 5.86. The highest BCUT2D eigenvalue weighted by molar-refractivity contribution is 9.10. The lowest BCUT2D eigenvalue weighted by Crippen LogP contribution is -2.40. The van der Waals surface area contributed by atoms with Crippen LogP contribution in [0, 0.1) is 12.8 Å². The van der Waals surface area contributed by atoms with Crippen LogP contribution in [0.2, 0.25) is 0 Å². The molecule has 0 atom stereocenters. The van der Waals surface area contributed by atoms with Gasteiger partial charge >= 0.3 is 0 Å². The Morgan fingerprint density at radius 2 is 2.17 bits per heavy atom. The van der Waals surface area contributed by atoms with E-state index < -0.39 is 0 Å². The first-order valence-corrected chi connectivity index (χ1v) is 10.3. The Bertz CT molecular complexity index is 662. The summed E-state index contributed by atoms with van der Waals surface area (Å²) in [5, 5.41) is 8.37. The Labute approximate surface area is 153 Å². The number of piperidine rings is 1. The molecule has 1 amide bonds. The number of rotatable bonds is 5. The number of aromatic nitrogens is 1. The van der Waals surface area contributed by atoms with Crippen LogP contribution in [-0.4, -0.2) is 28.9 Å². The van der Waals surface area contributed by atoms with Crippen molar-refractivity contribution >= 4 is 44.5 Å². The highest BCUT2D eigenvalue weighted by Gasteiger charge is 2.25. The number of likely N-dealkylation sites (tertiary alicyclic amines) is 1. The third-order valence-electron chi connectivity index (χ3n) is 4.07. The maximum atomic E-state index is 12.3. The molecule has 0 spiro atoms. The molecule has 3 heterocycles. The minimum atomic E-state index is 0.145. The number of thiophene rings is 1. The standard InChI is InChI=1S/C16H20BrN3OS2/c1-11-19-14(10-22-11)8-20-4-2-12(3-5-20)16(21)18-7-15-6-13(17)9-23-15/h6,9-10,12H,2-5,7-8H2,1H3,(H,18,21). The Morgan fingerprint density at radius 1 is 1.39 bits per heavy atom. The van der Waals surface area contributed by atoms with Crippen molar-refractivity contribution in [3.8, 4) is 0 Å². The second kappa shape index (κ2) is 7.88. The maximum absolute atomic E-state index is 12.3. The lowest BCUT2D eigenvalue weighted by molar-refractivity contribution is -0.126. The summed E-state index contributed by atoms with van der Waals surface area (Å²) >= 11 is 6.81. The molecule has 2 aromatic rings. The van der Waals surface area contributed by atoms with E-state index in [9.17, 15) is 4.79 Å². The summed E-state index contributed by atoms with van der Waals surface area (Å²) in [5.41, 5.74) is 1.15. The van der Waals surface area contributed by atoms with Gasteiger partial charge in [0.25, 0.3) is 0 Å². The van der Waals surface area contributed by atoms with E-state index in [0.717, 1.165) is 47.7 Å². The number of aryl methyl sites for hydroxylation is 1. The van der Waals surface area contributed by atoms with Crippen LogP contribution in [0.3, 0.4) is 0 Å². The number of nitrogens with zero attached hydrogens (tertiary/aromatic N) is 2. The molecular formula is C16H20BrN3OS2. The number of nitrogens with one attached hydrogen (secondary N) is 1. The van der Waals surface area contributed by atoms with Crippen molar-refractivity contribution in [2.75, 3.05) is 13.1 Å². The Balaban J connectivity index is 1.42. The van der Waals surface area contributed by atoms with Crippen LogP contribution in [-0.2, 0) is 17.9 Å². The van der Waals surface area contributed by atoms with Crippen molar-refractivity contribution in [3.63, 3.8) is 0 Å². The van der Waals surface area contributed by atoms with E-state index >= 15 is 0 Å². The summed E-state index contributed by atoms with van der Waals surface area (Å²) in [5.74, 6) is 0.338. The van der Waals surface area contributed by atoms with E-state index in [1.54, 1.807) is 22.7 Å². The molecule has 1 N–H and O–H groups in total. The van der Waals surface area contributed by atoms with Crippen LogP contribution in [0.4, 0.5) is 0 Å². The molecule has 7 heteroatoms. The highest BCUT2D eigenvalue weighted by atomic mass is 79.9. The number of hydrogen-bond acceptors (Lipinski definition) is 5. The Hall–Kier alpha value is -0.760. The molecule has 0 bridgehead atoms. The van der Waals surface area contributed by atoms with Crippen molar-refractivity contribution in [3.05, 3.63) is 36.9 Å². The minimum absolute atomic E-state index is 0.145. The largest absolute Gasteiger partial charge is 0.351 e. The first-order valence-electron chi connectivity index (χ1n) is 7.74. The number of carbonyl (C=O) groups excluding carboxylic acids is 1. The van der Waals surface area contributed by atoms with Crippen molar-refractivity contribution in [2.45, 2.75) is 32.9 Å². The molecule has 1 aliphatic rings. The van der Waals surface area contributed by atoms with Crippen molar-refractivity contribution in [2.24, 2.45) is 5.92 Å². The SMILES string of the molecule is Cc1nc(CN2CCC(C(=O)NCc3cc(Br)cs3)CC2)cs1. The maximum Gasteiger partial charge on any atom is 0.223 e. The first-order chi connectivity index (χ1) is 11.1. The summed E-state index contributed by atoms with van der Waals surface area (Å²) < 4.78 is 1.08. The molecule has 0 aliphatic carbocycles. The number of hydrogen-bond donors (Lipinski definition) is 1. The molecule has 1 saturated heterocycles. The summed E-state index contributed by atoms with van der Waals surface area (Å²) in [6, 6.07) is 2.06. The van der Waals surface area contributed by atoms with E-state index in [2.05, 4.69) is 42.6 Å². The molecular weight excluding hydrogens is 394 g/mol. The van der Waals surface area contributed by atoms with Gasteiger partial charge < -0.3 is 5.32 Å². The summed E-state index contributed by atoms with van der Waals surface area (Å²) in [6.07, 6.45) is 1.87. The quantitative estimate of drug-likeness (QED) is 0.810. The van der Waals surface area contributed by atoms with Gasteiger partial charge in [0, 0.05) is 32.6 Å². The van der Waals surface area contributed by atoms with Gasteiger partial charge in [-0.25, -0.2) is 4.98 Å². The number of halogens is 1. The van der Waals surface area contributed by atoms with Crippen LogP contribution < -0.4 is 5.32 Å². The predicted molar refractivity (Wildman–Crippen MR) is 98.7 cm³/mol. The van der Waals surface area contributed by atoms with Crippen LogP contribution in [0.25, 0.3) is 0 Å². The van der Waals surface area contributed by atoms with Crippen LogP contribution in [0.15, 0.2) is 21.3 Å². The average molecular weight is 414 g/mol. The highest BCUT2D eigenvalue weighted by Crippen LogP contribution is 2.22. The van der Waals surface area contributed by atoms with Crippen molar-refractivity contribution in [1.82, 2.24) is 15.2 Å². The zero-order valence-corrected chi connectivity index (χ0v) is 16.3. The summed E-state index contributed by atoms with van der Waals surface area (Å²) in [4.78, 5) is 20.4. The molecule has 2 aromatic heterocycles. The van der Waals surface area contributed by atoms with Gasteiger partial charge in [-0.1, -0.05) is 0 Å². The molecule has 0 unspecified atom stereocenters. The van der Waals surface area contributed by atoms with Crippen molar-refractivity contribution in [1.29, 1.82) is 0 Å². The van der Waals surface area contributed by atoms with Crippen LogP contribution in [0.1, 0.15) is 28.4 Å². The normalized spacial score (nSPS) is 16.6. The number of carbonyl (C=O) groups is 1. The first kappa shape index (κ1) is 17.1. The zero-order chi connectivity index (χ0) is 16.2. The molecule has 0 radical (unpaired) electrons. The third kappa shape index (κ3) is 4.86. The predicted octanol–water partition coefficient (Wildman–Crippen LogP) is 3.80. The summed E-state index contributed by atoms with van der Waals surface area (Å²) in [7, 11) is 0. The third-order valence-corrected chi connectivity index (χ3v) is 6.59. The van der Waals surface area contributed by atoms with Gasteiger partial charge in [0.05, 0.1) is 17.2 Å². The lowest BCUT2D eigenvalue weighted by Gasteiger charge is -2.30. The summed E-state index contributed by atoms with van der Waals surface area (Å²) in [6.45, 7) is 5.52. The Kier molecular flexibility index (Phi) is 5.85. The van der Waals surface area contributed by atoms with Crippen LogP contribution in [0.5, 0.6) is 0 Å². The molecule has 4 nitrogen and oxygen atoms in total. The molecule has 0 aromatic carbocycles. The monoisotopic (exact) mass is 413 g/mol. The van der Waals surface area contributed by atoms with Crippen LogP contribution >= 0.6 is 38.6 Å². The fourth-order valence-electron chi connectivity index (χ4n) is 2.83. The topological polar surface area (TPSA) is 45.2 Å². The van der Waals surface area contributed by atoms with Gasteiger partial charge in [0.15, 0.2) is 0 Å².